The third-order valence-corrected chi connectivity index (χ3v) is 2.56. The molecule has 1 aromatic rings. The minimum absolute atomic E-state index is 0.0646. The number of ether oxygens (including phenoxy) is 2. The molecular formula is C12H16BClO2. The first-order chi connectivity index (χ1) is 7.69. The SMILES string of the molecule is [B]c1ccc(Cl)cc1[C@@H](CC)OCOCC. The fourth-order valence-electron chi connectivity index (χ4n) is 1.47. The molecule has 0 N–H and O–H groups in total. The van der Waals surface area contributed by atoms with Gasteiger partial charge in [0.15, 0.2) is 0 Å². The number of hydrogen-bond donors (Lipinski definition) is 0. The topological polar surface area (TPSA) is 18.5 Å². The second-order valence-electron chi connectivity index (χ2n) is 3.45. The molecule has 0 heterocycles. The van der Waals surface area contributed by atoms with Crippen LogP contribution in [-0.2, 0) is 9.47 Å². The molecule has 0 fully saturated rings. The molecule has 2 radical (unpaired) electrons. The Balaban J connectivity index is 2.73. The molecule has 0 aromatic heterocycles. The van der Waals surface area contributed by atoms with E-state index in [1.807, 2.05) is 19.9 Å². The van der Waals surface area contributed by atoms with Crippen molar-refractivity contribution < 1.29 is 9.47 Å². The Hall–Kier alpha value is -0.505. The zero-order valence-electron chi connectivity index (χ0n) is 9.70. The monoisotopic (exact) mass is 238 g/mol. The lowest BCUT2D eigenvalue weighted by Crippen LogP contribution is -2.17. The summed E-state index contributed by atoms with van der Waals surface area (Å²) >= 11 is 5.94. The van der Waals surface area contributed by atoms with Gasteiger partial charge in [0.1, 0.15) is 14.6 Å². The first-order valence-electron chi connectivity index (χ1n) is 5.43. The molecule has 2 nitrogen and oxygen atoms in total. The Kier molecular flexibility index (Phi) is 5.89. The molecule has 1 aromatic carbocycles. The van der Waals surface area contributed by atoms with Gasteiger partial charge in [0.05, 0.1) is 6.10 Å². The van der Waals surface area contributed by atoms with Gasteiger partial charge < -0.3 is 9.47 Å². The van der Waals surface area contributed by atoms with E-state index in [-0.39, 0.29) is 12.9 Å². The van der Waals surface area contributed by atoms with Crippen LogP contribution in [0.15, 0.2) is 18.2 Å². The Morgan fingerprint density at radius 1 is 1.38 bits per heavy atom. The van der Waals surface area contributed by atoms with Crippen LogP contribution in [0.1, 0.15) is 31.9 Å². The molecule has 0 aliphatic carbocycles. The fraction of sp³-hybridized carbons (Fsp3) is 0.500. The van der Waals surface area contributed by atoms with Crippen LogP contribution in [0.4, 0.5) is 0 Å². The number of rotatable bonds is 6. The van der Waals surface area contributed by atoms with Crippen molar-refractivity contribution in [2.45, 2.75) is 26.4 Å². The highest BCUT2D eigenvalue weighted by Gasteiger charge is 2.12. The summed E-state index contributed by atoms with van der Waals surface area (Å²) in [5, 5.41) is 0.669. The molecule has 0 aliphatic heterocycles. The summed E-state index contributed by atoms with van der Waals surface area (Å²) in [5.41, 5.74) is 1.63. The first kappa shape index (κ1) is 13.6. The number of benzene rings is 1. The van der Waals surface area contributed by atoms with Crippen molar-refractivity contribution in [3.05, 3.63) is 28.8 Å². The number of hydrogen-bond acceptors (Lipinski definition) is 2. The van der Waals surface area contributed by atoms with Crippen molar-refractivity contribution >= 4 is 24.9 Å². The van der Waals surface area contributed by atoms with Gasteiger partial charge in [-0.05, 0) is 31.0 Å². The van der Waals surface area contributed by atoms with Crippen LogP contribution in [0, 0.1) is 0 Å². The third kappa shape index (κ3) is 3.82. The summed E-state index contributed by atoms with van der Waals surface area (Å²) in [6.45, 7) is 4.89. The maximum atomic E-state index is 5.94. The maximum Gasteiger partial charge on any atom is 0.147 e. The van der Waals surface area contributed by atoms with E-state index in [4.69, 9.17) is 28.9 Å². The molecule has 86 valence electrons. The van der Waals surface area contributed by atoms with Crippen LogP contribution >= 0.6 is 11.6 Å². The third-order valence-electron chi connectivity index (χ3n) is 2.32. The normalized spacial score (nSPS) is 12.7. The lowest BCUT2D eigenvalue weighted by atomic mass is 9.87. The average Bonchev–Trinajstić information content (AvgIpc) is 2.28. The Morgan fingerprint density at radius 2 is 2.12 bits per heavy atom. The van der Waals surface area contributed by atoms with Crippen LogP contribution in [0.3, 0.4) is 0 Å². The van der Waals surface area contributed by atoms with Crippen molar-refractivity contribution in [1.82, 2.24) is 0 Å². The first-order valence-corrected chi connectivity index (χ1v) is 5.81. The molecule has 1 atom stereocenters. The summed E-state index contributed by atoms with van der Waals surface area (Å²) in [5.74, 6) is 0. The Morgan fingerprint density at radius 3 is 2.75 bits per heavy atom. The van der Waals surface area contributed by atoms with Gasteiger partial charge in [0, 0.05) is 11.6 Å². The maximum absolute atomic E-state index is 5.94. The van der Waals surface area contributed by atoms with E-state index in [0.717, 1.165) is 12.0 Å². The van der Waals surface area contributed by atoms with E-state index in [1.54, 1.807) is 12.1 Å². The molecule has 16 heavy (non-hydrogen) atoms. The lowest BCUT2D eigenvalue weighted by Gasteiger charge is -2.19. The van der Waals surface area contributed by atoms with Crippen LogP contribution in [-0.4, -0.2) is 21.2 Å². The zero-order chi connectivity index (χ0) is 12.0. The zero-order valence-corrected chi connectivity index (χ0v) is 10.5. The summed E-state index contributed by atoms with van der Waals surface area (Å²) < 4.78 is 10.8. The van der Waals surface area contributed by atoms with Gasteiger partial charge in [-0.25, -0.2) is 0 Å². The molecule has 0 unspecified atom stereocenters. The lowest BCUT2D eigenvalue weighted by molar-refractivity contribution is -0.0883. The number of halogens is 1. The highest BCUT2D eigenvalue weighted by molar-refractivity contribution is 6.35. The minimum atomic E-state index is -0.0646. The minimum Gasteiger partial charge on any atom is -0.356 e. The highest BCUT2D eigenvalue weighted by atomic mass is 35.5. The molecule has 4 heteroatoms. The van der Waals surface area contributed by atoms with Crippen molar-refractivity contribution in [3.8, 4) is 0 Å². The van der Waals surface area contributed by atoms with Crippen LogP contribution in [0.25, 0.3) is 0 Å². The van der Waals surface area contributed by atoms with Crippen LogP contribution in [0.2, 0.25) is 5.02 Å². The van der Waals surface area contributed by atoms with Gasteiger partial charge in [-0.3, -0.25) is 0 Å². The molecule has 0 saturated heterocycles. The molecule has 0 bridgehead atoms. The summed E-state index contributed by atoms with van der Waals surface area (Å²) in [7, 11) is 5.89. The summed E-state index contributed by atoms with van der Waals surface area (Å²) in [4.78, 5) is 0. The van der Waals surface area contributed by atoms with E-state index in [2.05, 4.69) is 0 Å². The second-order valence-corrected chi connectivity index (χ2v) is 3.88. The van der Waals surface area contributed by atoms with E-state index in [0.29, 0.717) is 17.1 Å². The fourth-order valence-corrected chi connectivity index (χ4v) is 1.65. The highest BCUT2D eigenvalue weighted by Crippen LogP contribution is 2.21. The summed E-state index contributed by atoms with van der Waals surface area (Å²) in [6, 6.07) is 5.41. The Bertz CT molecular complexity index is 331. The standard InChI is InChI=1S/C12H16BClO2/c1-3-12(16-8-15-4-2)10-7-9(14)5-6-11(10)13/h5-7,12H,3-4,8H2,1-2H3/t12-/m1/s1. The van der Waals surface area contributed by atoms with Crippen molar-refractivity contribution in [2.24, 2.45) is 0 Å². The van der Waals surface area contributed by atoms with E-state index in [9.17, 15) is 0 Å². The predicted molar refractivity (Wildman–Crippen MR) is 67.5 cm³/mol. The van der Waals surface area contributed by atoms with Gasteiger partial charge in [-0.2, -0.15) is 0 Å². The van der Waals surface area contributed by atoms with E-state index in [1.165, 1.54) is 0 Å². The van der Waals surface area contributed by atoms with Crippen molar-refractivity contribution in [1.29, 1.82) is 0 Å². The largest absolute Gasteiger partial charge is 0.356 e. The van der Waals surface area contributed by atoms with Crippen molar-refractivity contribution in [2.75, 3.05) is 13.4 Å². The van der Waals surface area contributed by atoms with Gasteiger partial charge >= 0.3 is 0 Å². The molecule has 0 saturated carbocycles. The molecule has 0 aliphatic rings. The van der Waals surface area contributed by atoms with Gasteiger partial charge in [-0.1, -0.05) is 30.1 Å². The molecule has 1 rings (SSSR count). The van der Waals surface area contributed by atoms with Crippen LogP contribution < -0.4 is 5.46 Å². The van der Waals surface area contributed by atoms with Gasteiger partial charge in [0.2, 0.25) is 0 Å². The van der Waals surface area contributed by atoms with Crippen molar-refractivity contribution in [3.63, 3.8) is 0 Å². The molecular weight excluding hydrogens is 222 g/mol. The molecule has 0 spiro atoms. The van der Waals surface area contributed by atoms with Gasteiger partial charge in [0.25, 0.3) is 0 Å². The quantitative estimate of drug-likeness (QED) is 0.431. The van der Waals surface area contributed by atoms with E-state index < -0.39 is 0 Å². The van der Waals surface area contributed by atoms with E-state index >= 15 is 0 Å². The predicted octanol–water partition coefficient (Wildman–Crippen LogP) is 2.60. The summed E-state index contributed by atoms with van der Waals surface area (Å²) in [6.07, 6.45) is 0.766. The molecule has 0 amide bonds. The second kappa shape index (κ2) is 6.95. The van der Waals surface area contributed by atoms with Crippen LogP contribution in [0.5, 0.6) is 0 Å². The average molecular weight is 239 g/mol. The Labute approximate surface area is 103 Å². The smallest absolute Gasteiger partial charge is 0.147 e. The van der Waals surface area contributed by atoms with Gasteiger partial charge in [-0.15, -0.1) is 0 Å².